The zero-order valence-electron chi connectivity index (χ0n) is 9.54. The first-order chi connectivity index (χ1) is 9.08. The highest BCUT2D eigenvalue weighted by molar-refractivity contribution is 6.20. The Balaban J connectivity index is 1.93. The van der Waals surface area contributed by atoms with Crippen LogP contribution in [-0.4, -0.2) is 39.7 Å². The Morgan fingerprint density at radius 2 is 1.84 bits per heavy atom. The zero-order chi connectivity index (χ0) is 13.6. The van der Waals surface area contributed by atoms with Crippen molar-refractivity contribution in [1.82, 2.24) is 20.5 Å². The SMILES string of the molecule is O=C1NC(=O)C(N2Cc3cccnc3C2=O)C(=O)N1. The first-order valence-corrected chi connectivity index (χ1v) is 5.48. The van der Waals surface area contributed by atoms with Crippen molar-refractivity contribution in [3.05, 3.63) is 29.6 Å². The second-order valence-electron chi connectivity index (χ2n) is 4.15. The van der Waals surface area contributed by atoms with Crippen molar-refractivity contribution in [3.8, 4) is 0 Å². The molecule has 2 aliphatic rings. The summed E-state index contributed by atoms with van der Waals surface area (Å²) in [6.07, 6.45) is 1.46. The van der Waals surface area contributed by atoms with E-state index < -0.39 is 29.8 Å². The molecule has 5 amide bonds. The number of amides is 5. The minimum absolute atomic E-state index is 0.113. The maximum Gasteiger partial charge on any atom is 0.328 e. The molecular formula is C11H8N4O4. The number of rotatable bonds is 1. The fourth-order valence-corrected chi connectivity index (χ4v) is 2.15. The largest absolute Gasteiger partial charge is 0.328 e. The third kappa shape index (κ3) is 1.65. The van der Waals surface area contributed by atoms with Gasteiger partial charge in [-0.25, -0.2) is 4.79 Å². The summed E-state index contributed by atoms with van der Waals surface area (Å²) in [7, 11) is 0. The second-order valence-corrected chi connectivity index (χ2v) is 4.15. The van der Waals surface area contributed by atoms with Gasteiger partial charge in [0.2, 0.25) is 0 Å². The molecule has 0 radical (unpaired) electrons. The van der Waals surface area contributed by atoms with E-state index in [-0.39, 0.29) is 12.2 Å². The first-order valence-electron chi connectivity index (χ1n) is 5.48. The molecule has 1 aromatic heterocycles. The van der Waals surface area contributed by atoms with Gasteiger partial charge in [0.05, 0.1) is 0 Å². The lowest BCUT2D eigenvalue weighted by atomic mass is 10.2. The van der Waals surface area contributed by atoms with Gasteiger partial charge in [-0.15, -0.1) is 0 Å². The normalized spacial score (nSPS) is 19.3. The van der Waals surface area contributed by atoms with Gasteiger partial charge >= 0.3 is 6.03 Å². The smallest absolute Gasteiger partial charge is 0.313 e. The summed E-state index contributed by atoms with van der Waals surface area (Å²) >= 11 is 0. The van der Waals surface area contributed by atoms with Gasteiger partial charge < -0.3 is 4.90 Å². The third-order valence-electron chi connectivity index (χ3n) is 2.98. The van der Waals surface area contributed by atoms with Crippen LogP contribution in [0.15, 0.2) is 18.3 Å². The van der Waals surface area contributed by atoms with E-state index in [1.54, 1.807) is 12.1 Å². The topological polar surface area (TPSA) is 108 Å². The summed E-state index contributed by atoms with van der Waals surface area (Å²) in [6.45, 7) is 0.113. The van der Waals surface area contributed by atoms with Gasteiger partial charge in [0, 0.05) is 18.3 Å². The lowest BCUT2D eigenvalue weighted by Crippen LogP contribution is -2.64. The number of fused-ring (bicyclic) bond motifs is 1. The fraction of sp³-hybridized carbons (Fsp3) is 0.182. The monoisotopic (exact) mass is 260 g/mol. The van der Waals surface area contributed by atoms with Crippen molar-refractivity contribution in [2.75, 3.05) is 0 Å². The van der Waals surface area contributed by atoms with Crippen LogP contribution in [0, 0.1) is 0 Å². The Morgan fingerprint density at radius 3 is 2.47 bits per heavy atom. The summed E-state index contributed by atoms with van der Waals surface area (Å²) in [4.78, 5) is 51.5. The van der Waals surface area contributed by atoms with Gasteiger partial charge in [0.1, 0.15) is 5.69 Å². The molecule has 19 heavy (non-hydrogen) atoms. The molecule has 0 spiro atoms. The molecule has 1 aromatic rings. The summed E-state index contributed by atoms with van der Waals surface area (Å²) in [5.74, 6) is -2.12. The van der Waals surface area contributed by atoms with Crippen LogP contribution < -0.4 is 10.6 Å². The minimum atomic E-state index is -1.35. The van der Waals surface area contributed by atoms with Crippen LogP contribution in [-0.2, 0) is 16.1 Å². The average Bonchev–Trinajstić information content (AvgIpc) is 2.66. The molecular weight excluding hydrogens is 252 g/mol. The van der Waals surface area contributed by atoms with Crippen molar-refractivity contribution < 1.29 is 19.2 Å². The Labute approximate surface area is 106 Å². The van der Waals surface area contributed by atoms with Crippen molar-refractivity contribution in [2.24, 2.45) is 0 Å². The maximum absolute atomic E-state index is 12.1. The van der Waals surface area contributed by atoms with Crippen molar-refractivity contribution in [1.29, 1.82) is 0 Å². The van der Waals surface area contributed by atoms with Crippen LogP contribution >= 0.6 is 0 Å². The van der Waals surface area contributed by atoms with Crippen LogP contribution in [0.4, 0.5) is 4.79 Å². The number of barbiturate groups is 1. The highest BCUT2D eigenvalue weighted by Crippen LogP contribution is 2.23. The average molecular weight is 260 g/mol. The molecule has 3 heterocycles. The number of carbonyl (C=O) groups excluding carboxylic acids is 4. The van der Waals surface area contributed by atoms with E-state index in [2.05, 4.69) is 4.98 Å². The maximum atomic E-state index is 12.1. The molecule has 8 nitrogen and oxygen atoms in total. The number of nitrogens with one attached hydrogen (secondary N) is 2. The predicted molar refractivity (Wildman–Crippen MR) is 59.6 cm³/mol. The third-order valence-corrected chi connectivity index (χ3v) is 2.98. The van der Waals surface area contributed by atoms with Crippen molar-refractivity contribution in [2.45, 2.75) is 12.6 Å². The van der Waals surface area contributed by atoms with Gasteiger partial charge in [-0.2, -0.15) is 0 Å². The number of imide groups is 2. The van der Waals surface area contributed by atoms with E-state index >= 15 is 0 Å². The molecule has 1 fully saturated rings. The van der Waals surface area contributed by atoms with E-state index in [4.69, 9.17) is 0 Å². The van der Waals surface area contributed by atoms with Gasteiger partial charge in [0.25, 0.3) is 17.7 Å². The van der Waals surface area contributed by atoms with E-state index in [1.807, 2.05) is 10.6 Å². The van der Waals surface area contributed by atoms with Crippen molar-refractivity contribution in [3.63, 3.8) is 0 Å². The van der Waals surface area contributed by atoms with Crippen LogP contribution in [0.1, 0.15) is 16.1 Å². The van der Waals surface area contributed by atoms with E-state index in [9.17, 15) is 19.2 Å². The highest BCUT2D eigenvalue weighted by atomic mass is 16.2. The number of nitrogens with zero attached hydrogens (tertiary/aromatic N) is 2. The Kier molecular flexibility index (Phi) is 2.31. The summed E-state index contributed by atoms with van der Waals surface area (Å²) in [5.41, 5.74) is 0.866. The molecule has 3 rings (SSSR count). The lowest BCUT2D eigenvalue weighted by Gasteiger charge is -2.28. The van der Waals surface area contributed by atoms with Gasteiger partial charge in [-0.05, 0) is 6.07 Å². The molecule has 0 aromatic carbocycles. The summed E-state index contributed by atoms with van der Waals surface area (Å²) in [5, 5.41) is 3.92. The number of hydrogen-bond acceptors (Lipinski definition) is 5. The first kappa shape index (κ1) is 11.3. The second kappa shape index (κ2) is 3.87. The quantitative estimate of drug-likeness (QED) is 0.615. The van der Waals surface area contributed by atoms with E-state index in [0.717, 1.165) is 4.90 Å². The molecule has 96 valence electrons. The molecule has 0 saturated carbocycles. The Bertz CT molecular complexity index is 607. The zero-order valence-corrected chi connectivity index (χ0v) is 9.54. The van der Waals surface area contributed by atoms with Crippen LogP contribution in [0.25, 0.3) is 0 Å². The number of aromatic nitrogens is 1. The Hall–Kier alpha value is -2.77. The fourth-order valence-electron chi connectivity index (χ4n) is 2.15. The van der Waals surface area contributed by atoms with E-state index in [0.29, 0.717) is 5.56 Å². The molecule has 0 aliphatic carbocycles. The summed E-state index contributed by atoms with van der Waals surface area (Å²) < 4.78 is 0. The van der Waals surface area contributed by atoms with Crippen LogP contribution in [0.5, 0.6) is 0 Å². The Morgan fingerprint density at radius 1 is 1.16 bits per heavy atom. The number of carbonyl (C=O) groups is 4. The number of pyridine rings is 1. The van der Waals surface area contributed by atoms with Gasteiger partial charge in [-0.3, -0.25) is 30.0 Å². The number of hydrogen-bond donors (Lipinski definition) is 2. The molecule has 8 heteroatoms. The van der Waals surface area contributed by atoms with Crippen molar-refractivity contribution >= 4 is 23.8 Å². The number of urea groups is 1. The van der Waals surface area contributed by atoms with Crippen LogP contribution in [0.2, 0.25) is 0 Å². The standard InChI is InChI=1S/C11H8N4O4/c16-8-7(9(17)14-11(19)13-8)15-4-5-2-1-3-12-6(5)10(15)18/h1-3,7H,4H2,(H2,13,14,16,17,19). The van der Waals surface area contributed by atoms with Gasteiger partial charge in [0.15, 0.2) is 6.04 Å². The van der Waals surface area contributed by atoms with Crippen LogP contribution in [0.3, 0.4) is 0 Å². The minimum Gasteiger partial charge on any atom is -0.313 e. The molecule has 2 N–H and O–H groups in total. The van der Waals surface area contributed by atoms with Gasteiger partial charge in [-0.1, -0.05) is 6.07 Å². The molecule has 0 unspecified atom stereocenters. The molecule has 0 atom stereocenters. The van der Waals surface area contributed by atoms with E-state index in [1.165, 1.54) is 6.20 Å². The molecule has 0 bridgehead atoms. The predicted octanol–water partition coefficient (Wildman–Crippen LogP) is -1.23. The molecule has 1 saturated heterocycles. The highest BCUT2D eigenvalue weighted by Gasteiger charge is 2.44. The molecule has 2 aliphatic heterocycles. The lowest BCUT2D eigenvalue weighted by molar-refractivity contribution is -0.136. The summed E-state index contributed by atoms with van der Waals surface area (Å²) in [6, 6.07) is 1.14.